The Labute approximate surface area is 145 Å². The van der Waals surface area contributed by atoms with Gasteiger partial charge in [0.2, 0.25) is 0 Å². The molecule has 0 atom stereocenters. The molecule has 0 saturated heterocycles. The number of halogens is 5. The van der Waals surface area contributed by atoms with E-state index in [1.54, 1.807) is 0 Å². The van der Waals surface area contributed by atoms with E-state index in [0.29, 0.717) is 17.7 Å². The molecule has 9 heteroatoms. The Hall–Kier alpha value is -2.35. The van der Waals surface area contributed by atoms with Crippen molar-refractivity contribution < 1.29 is 27.1 Å². The third-order valence-corrected chi connectivity index (χ3v) is 3.90. The standard InChI is InChI=1S/C16H11ClF4N2O2/c17-14-4-2-11-13(22-14)5-6-23(15(11)24)8-9-7-10(1-3-12(9)18)25-16(19,20)21/h1-4,7H,5-6,8H2. The maximum absolute atomic E-state index is 13.9. The molecule has 3 rings (SSSR count). The lowest BCUT2D eigenvalue weighted by molar-refractivity contribution is -0.274. The number of amides is 1. The zero-order chi connectivity index (χ0) is 18.2. The van der Waals surface area contributed by atoms with Gasteiger partial charge >= 0.3 is 6.36 Å². The first-order valence-corrected chi connectivity index (χ1v) is 7.59. The highest BCUT2D eigenvalue weighted by Crippen LogP contribution is 2.27. The first kappa shape index (κ1) is 17.5. The first-order chi connectivity index (χ1) is 11.7. The minimum atomic E-state index is -4.88. The quantitative estimate of drug-likeness (QED) is 0.603. The number of benzene rings is 1. The van der Waals surface area contributed by atoms with Gasteiger partial charge in [-0.1, -0.05) is 11.6 Å². The van der Waals surface area contributed by atoms with E-state index in [1.165, 1.54) is 17.0 Å². The summed E-state index contributed by atoms with van der Waals surface area (Å²) in [4.78, 5) is 17.9. The van der Waals surface area contributed by atoms with Crippen molar-refractivity contribution in [3.05, 3.63) is 58.1 Å². The molecule has 0 bridgehead atoms. The molecule has 1 aromatic carbocycles. The van der Waals surface area contributed by atoms with Crippen molar-refractivity contribution in [3.8, 4) is 5.75 Å². The van der Waals surface area contributed by atoms with Gasteiger partial charge in [0.1, 0.15) is 16.7 Å². The van der Waals surface area contributed by atoms with Gasteiger partial charge in [0, 0.05) is 25.1 Å². The maximum atomic E-state index is 13.9. The van der Waals surface area contributed by atoms with E-state index in [2.05, 4.69) is 9.72 Å². The number of ether oxygens (including phenoxy) is 1. The van der Waals surface area contributed by atoms with E-state index in [-0.39, 0.29) is 29.7 Å². The second-order valence-corrected chi connectivity index (χ2v) is 5.79. The van der Waals surface area contributed by atoms with Gasteiger partial charge < -0.3 is 9.64 Å². The lowest BCUT2D eigenvalue weighted by Crippen LogP contribution is -2.37. The summed E-state index contributed by atoms with van der Waals surface area (Å²) < 4.78 is 54.6. The van der Waals surface area contributed by atoms with Crippen LogP contribution in [0.25, 0.3) is 0 Å². The predicted octanol–water partition coefficient (Wildman–Crippen LogP) is 3.97. The molecular formula is C16H11ClF4N2O2. The molecule has 0 fully saturated rings. The number of rotatable bonds is 3. The Balaban J connectivity index is 1.82. The summed E-state index contributed by atoms with van der Waals surface area (Å²) >= 11 is 5.79. The Morgan fingerprint density at radius 3 is 2.72 bits per heavy atom. The van der Waals surface area contributed by atoms with Crippen molar-refractivity contribution in [2.45, 2.75) is 19.3 Å². The van der Waals surface area contributed by atoms with Gasteiger partial charge in [-0.05, 0) is 30.3 Å². The van der Waals surface area contributed by atoms with Crippen molar-refractivity contribution in [1.82, 2.24) is 9.88 Å². The molecule has 0 saturated carbocycles. The lowest BCUT2D eigenvalue weighted by atomic mass is 10.0. The van der Waals surface area contributed by atoms with Crippen molar-refractivity contribution in [3.63, 3.8) is 0 Å². The van der Waals surface area contributed by atoms with E-state index in [0.717, 1.165) is 18.2 Å². The third kappa shape index (κ3) is 4.01. The number of hydrogen-bond acceptors (Lipinski definition) is 3. The third-order valence-electron chi connectivity index (χ3n) is 3.69. The van der Waals surface area contributed by atoms with E-state index in [4.69, 9.17) is 11.6 Å². The Bertz CT molecular complexity index is 826. The Morgan fingerprint density at radius 2 is 2.00 bits per heavy atom. The van der Waals surface area contributed by atoms with E-state index >= 15 is 0 Å². The summed E-state index contributed by atoms with van der Waals surface area (Å²) in [7, 11) is 0. The summed E-state index contributed by atoms with van der Waals surface area (Å²) in [5, 5.41) is 0.267. The van der Waals surface area contributed by atoms with E-state index < -0.39 is 17.9 Å². The van der Waals surface area contributed by atoms with Gasteiger partial charge in [-0.15, -0.1) is 13.2 Å². The molecule has 0 aliphatic carbocycles. The molecule has 132 valence electrons. The number of nitrogens with zero attached hydrogens (tertiary/aromatic N) is 2. The number of alkyl halides is 3. The Kier molecular flexibility index (Phi) is 4.55. The van der Waals surface area contributed by atoms with Crippen LogP contribution in [0.1, 0.15) is 21.6 Å². The molecule has 0 N–H and O–H groups in total. The van der Waals surface area contributed by atoms with Gasteiger partial charge in [-0.3, -0.25) is 4.79 Å². The number of fused-ring (bicyclic) bond motifs is 1. The van der Waals surface area contributed by atoms with E-state index in [1.807, 2.05) is 0 Å². The van der Waals surface area contributed by atoms with Crippen LogP contribution in [-0.2, 0) is 13.0 Å². The molecule has 2 heterocycles. The fraction of sp³-hybridized carbons (Fsp3) is 0.250. The Morgan fingerprint density at radius 1 is 1.24 bits per heavy atom. The highest BCUT2D eigenvalue weighted by atomic mass is 35.5. The largest absolute Gasteiger partial charge is 0.573 e. The molecule has 1 aliphatic heterocycles. The smallest absolute Gasteiger partial charge is 0.406 e. The number of aromatic nitrogens is 1. The molecule has 4 nitrogen and oxygen atoms in total. The number of pyridine rings is 1. The zero-order valence-electron chi connectivity index (χ0n) is 12.6. The molecule has 2 aromatic rings. The SMILES string of the molecule is O=C1c2ccc(Cl)nc2CCN1Cc1cc(OC(F)(F)F)ccc1F. The second kappa shape index (κ2) is 6.51. The molecular weight excluding hydrogens is 364 g/mol. The van der Waals surface area contributed by atoms with Gasteiger partial charge in [-0.2, -0.15) is 0 Å². The van der Waals surface area contributed by atoms with Gasteiger partial charge in [0.25, 0.3) is 5.91 Å². The average Bonchev–Trinajstić information content (AvgIpc) is 2.51. The summed E-state index contributed by atoms with van der Waals surface area (Å²) in [6.45, 7) is 0.0742. The minimum Gasteiger partial charge on any atom is -0.406 e. The fourth-order valence-electron chi connectivity index (χ4n) is 2.60. The normalized spacial score (nSPS) is 14.4. The summed E-state index contributed by atoms with van der Waals surface area (Å²) in [6, 6.07) is 5.69. The molecule has 0 unspecified atom stereocenters. The highest BCUT2D eigenvalue weighted by Gasteiger charge is 2.32. The van der Waals surface area contributed by atoms with Crippen LogP contribution in [0, 0.1) is 5.82 Å². The monoisotopic (exact) mass is 374 g/mol. The molecule has 1 amide bonds. The van der Waals surface area contributed by atoms with Crippen LogP contribution < -0.4 is 4.74 Å². The molecule has 0 spiro atoms. The van der Waals surface area contributed by atoms with Crippen LogP contribution in [0.5, 0.6) is 5.75 Å². The van der Waals surface area contributed by atoms with Crippen molar-refractivity contribution in [1.29, 1.82) is 0 Å². The highest BCUT2D eigenvalue weighted by molar-refractivity contribution is 6.29. The predicted molar refractivity (Wildman–Crippen MR) is 80.8 cm³/mol. The van der Waals surface area contributed by atoms with Crippen LogP contribution in [-0.4, -0.2) is 28.7 Å². The zero-order valence-corrected chi connectivity index (χ0v) is 13.4. The van der Waals surface area contributed by atoms with E-state index in [9.17, 15) is 22.4 Å². The van der Waals surface area contributed by atoms with Gasteiger partial charge in [-0.25, -0.2) is 9.37 Å². The second-order valence-electron chi connectivity index (χ2n) is 5.41. The van der Waals surface area contributed by atoms with Crippen molar-refractivity contribution in [2.24, 2.45) is 0 Å². The average molecular weight is 375 g/mol. The maximum Gasteiger partial charge on any atom is 0.573 e. The molecule has 0 radical (unpaired) electrons. The van der Waals surface area contributed by atoms with Crippen LogP contribution in [0.4, 0.5) is 17.6 Å². The van der Waals surface area contributed by atoms with Crippen molar-refractivity contribution >= 4 is 17.5 Å². The van der Waals surface area contributed by atoms with Crippen LogP contribution in [0.3, 0.4) is 0 Å². The molecule has 1 aliphatic rings. The minimum absolute atomic E-state index is 0.0690. The van der Waals surface area contributed by atoms with Crippen LogP contribution in [0.15, 0.2) is 30.3 Å². The lowest BCUT2D eigenvalue weighted by Gasteiger charge is -2.28. The molecule has 25 heavy (non-hydrogen) atoms. The topological polar surface area (TPSA) is 42.4 Å². The molecule has 1 aromatic heterocycles. The van der Waals surface area contributed by atoms with Gasteiger partial charge in [0.15, 0.2) is 0 Å². The number of carbonyl (C=O) groups excluding carboxylic acids is 1. The number of hydrogen-bond donors (Lipinski definition) is 0. The summed E-state index contributed by atoms with van der Waals surface area (Å²) in [6.07, 6.45) is -4.46. The van der Waals surface area contributed by atoms with Crippen LogP contribution in [0.2, 0.25) is 5.15 Å². The van der Waals surface area contributed by atoms with Crippen LogP contribution >= 0.6 is 11.6 Å². The first-order valence-electron chi connectivity index (χ1n) is 7.22. The van der Waals surface area contributed by atoms with Gasteiger partial charge in [0.05, 0.1) is 11.3 Å². The summed E-state index contributed by atoms with van der Waals surface area (Å²) in [5.41, 5.74) is 0.822. The van der Waals surface area contributed by atoms with Crippen molar-refractivity contribution in [2.75, 3.05) is 6.54 Å². The fourth-order valence-corrected chi connectivity index (χ4v) is 2.76. The summed E-state index contributed by atoms with van der Waals surface area (Å²) in [5.74, 6) is -1.64. The number of carbonyl (C=O) groups is 1.